The molecule has 4 aromatic rings. The standard InChI is InChI=1S/C37H39ClN4O3/c1-4-42-17-14-33-32(12-7-13-35(33)42)31-11-6-10-29(25(31)2)24-45-37-20-36(44-23-28-9-5-8-27(18-28)21-39)30(19-34(37)38)22-40-15-16-41-26(3)43/h5-13,18-20,40H,4,14-17,22-24H2,1-3H3,(H,41,43). The number of hydrogen-bond donors (Lipinski definition) is 2. The summed E-state index contributed by atoms with van der Waals surface area (Å²) in [4.78, 5) is 13.6. The van der Waals surface area contributed by atoms with Crippen LogP contribution in [0.2, 0.25) is 5.02 Å². The van der Waals surface area contributed by atoms with Crippen molar-refractivity contribution < 1.29 is 14.3 Å². The van der Waals surface area contributed by atoms with E-state index in [1.54, 1.807) is 6.07 Å². The zero-order valence-corrected chi connectivity index (χ0v) is 26.8. The first-order valence-corrected chi connectivity index (χ1v) is 15.7. The zero-order valence-electron chi connectivity index (χ0n) is 26.1. The summed E-state index contributed by atoms with van der Waals surface area (Å²) >= 11 is 6.76. The van der Waals surface area contributed by atoms with Crippen LogP contribution in [0.5, 0.6) is 11.5 Å². The summed E-state index contributed by atoms with van der Waals surface area (Å²) in [5.41, 5.74) is 9.86. The monoisotopic (exact) mass is 622 g/mol. The number of likely N-dealkylation sites (N-methyl/N-ethyl adjacent to an activating group) is 1. The van der Waals surface area contributed by atoms with E-state index in [1.165, 1.54) is 34.9 Å². The van der Waals surface area contributed by atoms with Crippen molar-refractivity contribution in [3.05, 3.63) is 111 Å². The Hall–Kier alpha value is -4.51. The lowest BCUT2D eigenvalue weighted by molar-refractivity contribution is -0.118. The van der Waals surface area contributed by atoms with E-state index >= 15 is 0 Å². The molecular weight excluding hydrogens is 584 g/mol. The molecule has 232 valence electrons. The van der Waals surface area contributed by atoms with Gasteiger partial charge >= 0.3 is 0 Å². The van der Waals surface area contributed by atoms with Gasteiger partial charge in [-0.05, 0) is 77.9 Å². The zero-order chi connectivity index (χ0) is 31.8. The number of hydrogen-bond acceptors (Lipinski definition) is 6. The summed E-state index contributed by atoms with van der Waals surface area (Å²) in [6.45, 7) is 10.2. The lowest BCUT2D eigenvalue weighted by atomic mass is 9.92. The molecule has 0 aliphatic carbocycles. The third-order valence-corrected chi connectivity index (χ3v) is 8.48. The van der Waals surface area contributed by atoms with Gasteiger partial charge in [-0.1, -0.05) is 54.1 Å². The number of benzene rings is 4. The van der Waals surface area contributed by atoms with Gasteiger partial charge in [-0.15, -0.1) is 0 Å². The van der Waals surface area contributed by atoms with Crippen LogP contribution in [0.15, 0.2) is 72.8 Å². The Morgan fingerprint density at radius 2 is 1.73 bits per heavy atom. The Bertz CT molecular complexity index is 1710. The fourth-order valence-corrected chi connectivity index (χ4v) is 6.01. The number of nitrogens with zero attached hydrogens (tertiary/aromatic N) is 2. The van der Waals surface area contributed by atoms with Crippen LogP contribution in [-0.4, -0.2) is 32.1 Å². The van der Waals surface area contributed by atoms with Gasteiger partial charge in [0.15, 0.2) is 0 Å². The lowest BCUT2D eigenvalue weighted by Crippen LogP contribution is -2.30. The highest BCUT2D eigenvalue weighted by atomic mass is 35.5. The number of halogens is 1. The first kappa shape index (κ1) is 31.9. The molecule has 2 N–H and O–H groups in total. The second kappa shape index (κ2) is 15.0. The number of ether oxygens (including phenoxy) is 2. The normalized spacial score (nSPS) is 12.0. The number of anilines is 1. The largest absolute Gasteiger partial charge is 0.488 e. The van der Waals surface area contributed by atoms with Crippen molar-refractivity contribution in [1.82, 2.24) is 10.6 Å². The fraction of sp³-hybridized carbons (Fsp3) is 0.297. The predicted octanol–water partition coefficient (Wildman–Crippen LogP) is 6.95. The van der Waals surface area contributed by atoms with Crippen LogP contribution in [0.4, 0.5) is 5.69 Å². The van der Waals surface area contributed by atoms with E-state index in [0.29, 0.717) is 48.3 Å². The molecule has 45 heavy (non-hydrogen) atoms. The van der Waals surface area contributed by atoms with Crippen molar-refractivity contribution in [2.45, 2.75) is 47.0 Å². The van der Waals surface area contributed by atoms with Gasteiger partial charge in [0.05, 0.1) is 16.7 Å². The second-order valence-electron chi connectivity index (χ2n) is 11.2. The van der Waals surface area contributed by atoms with E-state index < -0.39 is 0 Å². The third-order valence-electron chi connectivity index (χ3n) is 8.18. The average Bonchev–Trinajstić information content (AvgIpc) is 3.48. The van der Waals surface area contributed by atoms with Crippen LogP contribution in [-0.2, 0) is 31.0 Å². The molecule has 0 radical (unpaired) electrons. The molecular formula is C37H39ClN4O3. The quantitative estimate of drug-likeness (QED) is 0.157. The number of amides is 1. The lowest BCUT2D eigenvalue weighted by Gasteiger charge is -2.19. The molecule has 7 nitrogen and oxygen atoms in total. The first-order valence-electron chi connectivity index (χ1n) is 15.4. The van der Waals surface area contributed by atoms with Crippen molar-refractivity contribution in [3.8, 4) is 28.7 Å². The van der Waals surface area contributed by atoms with E-state index in [4.69, 9.17) is 21.1 Å². The molecule has 0 saturated heterocycles. The molecule has 1 heterocycles. The Morgan fingerprint density at radius 3 is 2.53 bits per heavy atom. The third kappa shape index (κ3) is 7.78. The van der Waals surface area contributed by atoms with E-state index in [0.717, 1.165) is 36.2 Å². The number of carbonyl (C=O) groups excluding carboxylic acids is 1. The second-order valence-corrected chi connectivity index (χ2v) is 11.6. The van der Waals surface area contributed by atoms with Gasteiger partial charge in [0.25, 0.3) is 0 Å². The Balaban J connectivity index is 1.35. The molecule has 4 aromatic carbocycles. The molecule has 0 unspecified atom stereocenters. The van der Waals surface area contributed by atoms with E-state index in [9.17, 15) is 10.1 Å². The van der Waals surface area contributed by atoms with Crippen molar-refractivity contribution in [2.75, 3.05) is 31.1 Å². The van der Waals surface area contributed by atoms with Crippen molar-refractivity contribution >= 4 is 23.2 Å². The van der Waals surface area contributed by atoms with Crippen molar-refractivity contribution in [1.29, 1.82) is 5.26 Å². The van der Waals surface area contributed by atoms with Gasteiger partial charge in [-0.3, -0.25) is 4.79 Å². The molecule has 5 rings (SSSR count). The maximum atomic E-state index is 11.2. The molecule has 1 aliphatic rings. The van der Waals surface area contributed by atoms with Crippen LogP contribution in [0.25, 0.3) is 11.1 Å². The minimum absolute atomic E-state index is 0.0680. The van der Waals surface area contributed by atoms with Gasteiger partial charge in [-0.25, -0.2) is 0 Å². The number of nitriles is 1. The molecule has 8 heteroatoms. The Kier molecular flexibility index (Phi) is 10.6. The first-order chi connectivity index (χ1) is 21.9. The summed E-state index contributed by atoms with van der Waals surface area (Å²) < 4.78 is 12.6. The number of nitrogens with one attached hydrogen (secondary N) is 2. The summed E-state index contributed by atoms with van der Waals surface area (Å²) in [5, 5.41) is 15.9. The molecule has 0 fully saturated rings. The van der Waals surface area contributed by atoms with E-state index in [1.807, 2.05) is 30.3 Å². The van der Waals surface area contributed by atoms with Gasteiger partial charge in [0.1, 0.15) is 24.7 Å². The molecule has 0 aromatic heterocycles. The number of carbonyl (C=O) groups is 1. The predicted molar refractivity (Wildman–Crippen MR) is 180 cm³/mol. The maximum Gasteiger partial charge on any atom is 0.216 e. The molecule has 0 atom stereocenters. The van der Waals surface area contributed by atoms with Crippen molar-refractivity contribution in [2.24, 2.45) is 0 Å². The van der Waals surface area contributed by atoms with E-state index in [2.05, 4.69) is 71.8 Å². The molecule has 1 aliphatic heterocycles. The van der Waals surface area contributed by atoms with Crippen LogP contribution in [0.1, 0.15) is 47.2 Å². The summed E-state index contributed by atoms with van der Waals surface area (Å²) in [5.74, 6) is 1.10. The van der Waals surface area contributed by atoms with Gasteiger partial charge < -0.3 is 25.0 Å². The Morgan fingerprint density at radius 1 is 0.956 bits per heavy atom. The Labute approximate surface area is 270 Å². The van der Waals surface area contributed by atoms with Gasteiger partial charge in [0, 0.05) is 57.0 Å². The maximum absolute atomic E-state index is 11.2. The van der Waals surface area contributed by atoms with Crippen LogP contribution in [0.3, 0.4) is 0 Å². The molecule has 0 spiro atoms. The van der Waals surface area contributed by atoms with E-state index in [-0.39, 0.29) is 12.5 Å². The highest BCUT2D eigenvalue weighted by Crippen LogP contribution is 2.39. The molecule has 0 saturated carbocycles. The molecule has 1 amide bonds. The SMILES string of the molecule is CCN1CCc2c(-c3cccc(COc4cc(OCc5cccc(C#N)c5)c(CNCCNC(C)=O)cc4Cl)c3C)cccc21. The van der Waals surface area contributed by atoms with Crippen molar-refractivity contribution in [3.63, 3.8) is 0 Å². The van der Waals surface area contributed by atoms with Crippen LogP contribution in [0, 0.1) is 18.3 Å². The van der Waals surface area contributed by atoms with Crippen LogP contribution < -0.4 is 25.0 Å². The van der Waals surface area contributed by atoms with Gasteiger partial charge in [-0.2, -0.15) is 5.26 Å². The average molecular weight is 623 g/mol. The fourth-order valence-electron chi connectivity index (χ4n) is 5.77. The molecule has 0 bridgehead atoms. The number of fused-ring (bicyclic) bond motifs is 1. The van der Waals surface area contributed by atoms with Crippen LogP contribution >= 0.6 is 11.6 Å². The summed E-state index contributed by atoms with van der Waals surface area (Å²) in [6, 6.07) is 26.2. The van der Waals surface area contributed by atoms with Gasteiger partial charge in [0.2, 0.25) is 5.91 Å². The smallest absolute Gasteiger partial charge is 0.216 e. The summed E-state index contributed by atoms with van der Waals surface area (Å²) in [6.07, 6.45) is 1.05. The topological polar surface area (TPSA) is 86.6 Å². The highest BCUT2D eigenvalue weighted by Gasteiger charge is 2.22. The minimum atomic E-state index is -0.0680. The number of rotatable bonds is 13. The highest BCUT2D eigenvalue weighted by molar-refractivity contribution is 6.32. The summed E-state index contributed by atoms with van der Waals surface area (Å²) in [7, 11) is 0. The minimum Gasteiger partial charge on any atom is -0.488 e.